The Bertz CT molecular complexity index is 1450. The lowest BCUT2D eigenvalue weighted by molar-refractivity contribution is 0.0609. The van der Waals surface area contributed by atoms with Crippen LogP contribution in [0.1, 0.15) is 53.6 Å². The van der Waals surface area contributed by atoms with Crippen LogP contribution in [0.25, 0.3) is 5.52 Å². The number of fused-ring (bicyclic) bond motifs is 1. The van der Waals surface area contributed by atoms with Crippen LogP contribution in [0, 0.1) is 18.7 Å². The molecule has 2 heterocycles. The summed E-state index contributed by atoms with van der Waals surface area (Å²) in [6.07, 6.45) is 0.580. The van der Waals surface area contributed by atoms with E-state index in [-0.39, 0.29) is 17.5 Å². The first-order chi connectivity index (χ1) is 17.7. The number of halogens is 2. The van der Waals surface area contributed by atoms with Crippen LogP contribution in [0.4, 0.5) is 4.39 Å². The van der Waals surface area contributed by atoms with Gasteiger partial charge >= 0.3 is 5.69 Å². The third kappa shape index (κ3) is 5.52. The first-order valence-corrected chi connectivity index (χ1v) is 13.1. The Balaban J connectivity index is 1.94. The highest BCUT2D eigenvalue weighted by Crippen LogP contribution is 2.32. The molecule has 1 atom stereocenters. The molecule has 0 saturated carbocycles. The number of benzene rings is 2. The summed E-state index contributed by atoms with van der Waals surface area (Å²) in [6.45, 7) is 7.00. The monoisotopic (exact) mass is 567 g/mol. The maximum Gasteiger partial charge on any atom is 0.349 e. The highest BCUT2D eigenvalue weighted by molar-refractivity contribution is 9.10. The van der Waals surface area contributed by atoms with E-state index in [2.05, 4.69) is 21.0 Å². The molecule has 1 amide bonds. The predicted octanol–water partition coefficient (Wildman–Crippen LogP) is 4.94. The van der Waals surface area contributed by atoms with Gasteiger partial charge in [-0.05, 0) is 77.6 Å². The van der Waals surface area contributed by atoms with Crippen LogP contribution in [-0.4, -0.2) is 38.1 Å². The summed E-state index contributed by atoms with van der Waals surface area (Å²) in [6, 6.07) is 16.7. The van der Waals surface area contributed by atoms with E-state index in [1.165, 1.54) is 28.8 Å². The second-order valence-corrected chi connectivity index (χ2v) is 10.2. The minimum atomic E-state index is -0.451. The Morgan fingerprint density at radius 2 is 1.81 bits per heavy atom. The van der Waals surface area contributed by atoms with Gasteiger partial charge in [-0.25, -0.2) is 9.18 Å². The summed E-state index contributed by atoms with van der Waals surface area (Å²) in [4.78, 5) is 29.4. The van der Waals surface area contributed by atoms with E-state index < -0.39 is 11.9 Å². The van der Waals surface area contributed by atoms with E-state index in [9.17, 15) is 14.0 Å². The zero-order valence-electron chi connectivity index (χ0n) is 21.2. The van der Waals surface area contributed by atoms with Gasteiger partial charge in [0.2, 0.25) is 0 Å². The van der Waals surface area contributed by atoms with Gasteiger partial charge in [-0.1, -0.05) is 44.2 Å². The highest BCUT2D eigenvalue weighted by atomic mass is 79.9. The van der Waals surface area contributed by atoms with Crippen molar-refractivity contribution in [1.82, 2.24) is 19.1 Å². The van der Waals surface area contributed by atoms with Gasteiger partial charge in [0.15, 0.2) is 0 Å². The summed E-state index contributed by atoms with van der Waals surface area (Å²) in [7, 11) is 0. The summed E-state index contributed by atoms with van der Waals surface area (Å²) < 4.78 is 17.4. The minimum Gasteiger partial charge on any atom is -0.330 e. The average molecular weight is 568 g/mol. The second-order valence-electron chi connectivity index (χ2n) is 9.46. The molecule has 0 saturated heterocycles. The molecule has 4 rings (SSSR count). The Morgan fingerprint density at radius 1 is 1.14 bits per heavy atom. The van der Waals surface area contributed by atoms with Gasteiger partial charge in [-0.15, -0.1) is 0 Å². The molecule has 0 aliphatic carbocycles. The van der Waals surface area contributed by atoms with E-state index in [1.807, 2.05) is 57.2 Å². The van der Waals surface area contributed by atoms with Crippen molar-refractivity contribution in [2.45, 2.75) is 39.8 Å². The number of carbonyl (C=O) groups is 1. The van der Waals surface area contributed by atoms with Crippen LogP contribution in [0.3, 0.4) is 0 Å². The number of nitrogens with zero attached hydrogens (tertiary/aromatic N) is 4. The normalized spacial score (nSPS) is 12.3. The first kappa shape index (κ1) is 26.8. The topological polar surface area (TPSA) is 85.6 Å². The fraction of sp³-hybridized carbons (Fsp3) is 0.321. The van der Waals surface area contributed by atoms with Crippen molar-refractivity contribution in [1.29, 1.82) is 0 Å². The fourth-order valence-corrected chi connectivity index (χ4v) is 5.02. The van der Waals surface area contributed by atoms with Crippen LogP contribution in [0.2, 0.25) is 0 Å². The number of amides is 1. The number of carbonyl (C=O) groups excluding carboxylic acids is 1. The fourth-order valence-electron chi connectivity index (χ4n) is 4.66. The van der Waals surface area contributed by atoms with Crippen molar-refractivity contribution in [3.63, 3.8) is 0 Å². The lowest BCUT2D eigenvalue weighted by Gasteiger charge is -2.36. The van der Waals surface area contributed by atoms with Crippen molar-refractivity contribution >= 4 is 27.4 Å². The standard InChI is InChI=1S/C28H31BrFN5O2/c1-18(2)26(33(15-7-14-31)27(36)21-10-12-22(30)13-11-21)24-16-23-25(29)19(3)32-35(23)28(37)34(24)17-20-8-5-4-6-9-20/h4-6,8-13,16,18,26H,7,14-15,17,31H2,1-3H3. The molecule has 0 fully saturated rings. The van der Waals surface area contributed by atoms with E-state index in [0.29, 0.717) is 48.5 Å². The predicted molar refractivity (Wildman–Crippen MR) is 146 cm³/mol. The van der Waals surface area contributed by atoms with Crippen LogP contribution in [0.5, 0.6) is 0 Å². The number of hydrogen-bond acceptors (Lipinski definition) is 4. The Kier molecular flexibility index (Phi) is 8.24. The lowest BCUT2D eigenvalue weighted by atomic mass is 9.96. The molecule has 4 aromatic rings. The quantitative estimate of drug-likeness (QED) is 0.310. The molecule has 0 spiro atoms. The van der Waals surface area contributed by atoms with Gasteiger partial charge in [0.1, 0.15) is 5.82 Å². The molecule has 0 radical (unpaired) electrons. The minimum absolute atomic E-state index is 0.0474. The largest absolute Gasteiger partial charge is 0.349 e. The zero-order chi connectivity index (χ0) is 26.7. The Labute approximate surface area is 223 Å². The van der Waals surface area contributed by atoms with E-state index >= 15 is 0 Å². The third-order valence-electron chi connectivity index (χ3n) is 6.44. The van der Waals surface area contributed by atoms with E-state index in [0.717, 1.165) is 10.0 Å². The summed E-state index contributed by atoms with van der Waals surface area (Å²) in [5, 5.41) is 4.45. The van der Waals surface area contributed by atoms with Crippen LogP contribution < -0.4 is 11.4 Å². The third-order valence-corrected chi connectivity index (χ3v) is 7.42. The zero-order valence-corrected chi connectivity index (χ0v) is 22.8. The van der Waals surface area contributed by atoms with Gasteiger partial charge in [0.25, 0.3) is 5.91 Å². The molecule has 2 N–H and O–H groups in total. The number of hydrogen-bond donors (Lipinski definition) is 1. The molecule has 1 unspecified atom stereocenters. The van der Waals surface area contributed by atoms with Crippen molar-refractivity contribution in [3.05, 3.63) is 104 Å². The molecular formula is C28H31BrFN5O2. The van der Waals surface area contributed by atoms with Gasteiger partial charge in [-0.2, -0.15) is 9.61 Å². The van der Waals surface area contributed by atoms with E-state index in [1.54, 1.807) is 9.47 Å². The van der Waals surface area contributed by atoms with Crippen molar-refractivity contribution in [3.8, 4) is 0 Å². The molecule has 9 heteroatoms. The molecule has 194 valence electrons. The Morgan fingerprint density at radius 3 is 2.43 bits per heavy atom. The van der Waals surface area contributed by atoms with Crippen LogP contribution >= 0.6 is 15.9 Å². The number of nitrogens with two attached hydrogens (primary N) is 1. The van der Waals surface area contributed by atoms with Gasteiger partial charge in [0, 0.05) is 17.8 Å². The molecule has 37 heavy (non-hydrogen) atoms. The lowest BCUT2D eigenvalue weighted by Crippen LogP contribution is -2.42. The first-order valence-electron chi connectivity index (χ1n) is 12.3. The summed E-state index contributed by atoms with van der Waals surface area (Å²) in [5.41, 5.74) is 8.92. The smallest absolute Gasteiger partial charge is 0.330 e. The van der Waals surface area contributed by atoms with E-state index in [4.69, 9.17) is 5.73 Å². The van der Waals surface area contributed by atoms with Crippen molar-refractivity contribution in [2.24, 2.45) is 11.7 Å². The molecule has 2 aromatic heterocycles. The molecule has 2 aromatic carbocycles. The van der Waals surface area contributed by atoms with Crippen molar-refractivity contribution in [2.75, 3.05) is 13.1 Å². The highest BCUT2D eigenvalue weighted by Gasteiger charge is 2.32. The molecule has 0 bridgehead atoms. The van der Waals surface area contributed by atoms with Gasteiger partial charge in [0.05, 0.1) is 28.3 Å². The number of rotatable bonds is 9. The molecule has 7 nitrogen and oxygen atoms in total. The second kappa shape index (κ2) is 11.4. The average Bonchev–Trinajstić information content (AvgIpc) is 3.17. The maximum atomic E-state index is 13.8. The van der Waals surface area contributed by atoms with Gasteiger partial charge in [-0.3, -0.25) is 9.36 Å². The molecule has 0 aliphatic heterocycles. The SMILES string of the molecule is Cc1nn2c(=O)n(Cc3ccccc3)c(C(C(C)C)N(CCCN)C(=O)c3ccc(F)cc3)cc2c1Br. The summed E-state index contributed by atoms with van der Waals surface area (Å²) >= 11 is 3.58. The van der Waals surface area contributed by atoms with Gasteiger partial charge < -0.3 is 10.6 Å². The molecule has 0 aliphatic rings. The number of aromatic nitrogens is 3. The summed E-state index contributed by atoms with van der Waals surface area (Å²) in [5.74, 6) is -0.697. The van der Waals surface area contributed by atoms with Crippen LogP contribution in [-0.2, 0) is 6.54 Å². The molecular weight excluding hydrogens is 537 g/mol. The Hall–Kier alpha value is -3.30. The van der Waals surface area contributed by atoms with Crippen molar-refractivity contribution < 1.29 is 9.18 Å². The maximum absolute atomic E-state index is 13.8. The number of aryl methyl sites for hydroxylation is 1. The van der Waals surface area contributed by atoms with Crippen LogP contribution in [0.15, 0.2) is 69.9 Å².